The van der Waals surface area contributed by atoms with E-state index in [2.05, 4.69) is 4.72 Å². The molecule has 2 rings (SSSR count). The van der Waals surface area contributed by atoms with Gasteiger partial charge in [-0.2, -0.15) is 0 Å². The summed E-state index contributed by atoms with van der Waals surface area (Å²) in [5, 5.41) is 0. The second kappa shape index (κ2) is 3.71. The number of ether oxygens (including phenoxy) is 2. The fourth-order valence-electron chi connectivity index (χ4n) is 1.32. The molecule has 0 radical (unpaired) electrons. The van der Waals surface area contributed by atoms with Crippen molar-refractivity contribution in [3.05, 3.63) is 23.8 Å². The van der Waals surface area contributed by atoms with Crippen molar-refractivity contribution in [2.45, 2.75) is 5.75 Å². The van der Waals surface area contributed by atoms with E-state index in [0.29, 0.717) is 17.1 Å². The van der Waals surface area contributed by atoms with E-state index in [1.165, 1.54) is 7.05 Å². The molecule has 0 saturated carbocycles. The Morgan fingerprint density at radius 1 is 1.33 bits per heavy atom. The lowest BCUT2D eigenvalue weighted by Crippen LogP contribution is -2.20. The summed E-state index contributed by atoms with van der Waals surface area (Å²) in [6.07, 6.45) is 0. The molecule has 0 unspecified atom stereocenters. The molecule has 1 aliphatic heterocycles. The van der Waals surface area contributed by atoms with E-state index < -0.39 is 10.0 Å². The maximum atomic E-state index is 11.3. The van der Waals surface area contributed by atoms with Gasteiger partial charge in [0.15, 0.2) is 11.5 Å². The smallest absolute Gasteiger partial charge is 0.231 e. The highest BCUT2D eigenvalue weighted by molar-refractivity contribution is 7.88. The zero-order valence-electron chi connectivity index (χ0n) is 8.19. The zero-order valence-corrected chi connectivity index (χ0v) is 9.00. The van der Waals surface area contributed by atoms with Gasteiger partial charge in [0.05, 0.1) is 5.75 Å². The molecule has 0 amide bonds. The van der Waals surface area contributed by atoms with Gasteiger partial charge in [0.25, 0.3) is 0 Å². The van der Waals surface area contributed by atoms with Crippen LogP contribution in [0.1, 0.15) is 5.56 Å². The Morgan fingerprint density at radius 2 is 2.07 bits per heavy atom. The van der Waals surface area contributed by atoms with Gasteiger partial charge in [-0.3, -0.25) is 0 Å². The fourth-order valence-corrected chi connectivity index (χ4v) is 2.09. The molecule has 0 aromatic heterocycles. The normalized spacial score (nSPS) is 14.2. The van der Waals surface area contributed by atoms with Gasteiger partial charge >= 0.3 is 0 Å². The van der Waals surface area contributed by atoms with Crippen molar-refractivity contribution in [1.29, 1.82) is 0 Å². The predicted molar refractivity (Wildman–Crippen MR) is 54.2 cm³/mol. The van der Waals surface area contributed by atoms with Crippen LogP contribution >= 0.6 is 0 Å². The number of fused-ring (bicyclic) bond motifs is 1. The summed E-state index contributed by atoms with van der Waals surface area (Å²) in [5.41, 5.74) is 0.675. The van der Waals surface area contributed by atoms with Crippen LogP contribution in [0.25, 0.3) is 0 Å². The van der Waals surface area contributed by atoms with Gasteiger partial charge in [0, 0.05) is 0 Å². The van der Waals surface area contributed by atoms with Crippen LogP contribution in [0.4, 0.5) is 0 Å². The van der Waals surface area contributed by atoms with Crippen LogP contribution in [-0.2, 0) is 15.8 Å². The Balaban J connectivity index is 2.24. The number of hydrogen-bond acceptors (Lipinski definition) is 4. The number of rotatable bonds is 3. The Kier molecular flexibility index (Phi) is 2.54. The molecule has 0 saturated heterocycles. The molecule has 0 spiro atoms. The van der Waals surface area contributed by atoms with Crippen LogP contribution in [0, 0.1) is 0 Å². The van der Waals surface area contributed by atoms with Crippen LogP contribution in [0.3, 0.4) is 0 Å². The summed E-state index contributed by atoms with van der Waals surface area (Å²) < 4.78 is 35.1. The second-order valence-electron chi connectivity index (χ2n) is 3.15. The Hall–Kier alpha value is -1.27. The standard InChI is InChI=1S/C9H11NO4S/c1-10-15(11,12)5-7-2-3-8-9(4-7)14-6-13-8/h2-4,10H,5-6H2,1H3. The Morgan fingerprint density at radius 3 is 2.80 bits per heavy atom. The first kappa shape index (κ1) is 10.3. The van der Waals surface area contributed by atoms with E-state index in [0.717, 1.165) is 0 Å². The highest BCUT2D eigenvalue weighted by Gasteiger charge is 2.15. The summed E-state index contributed by atoms with van der Waals surface area (Å²) in [6, 6.07) is 5.10. The van der Waals surface area contributed by atoms with Gasteiger partial charge in [-0.1, -0.05) is 6.07 Å². The van der Waals surface area contributed by atoms with Gasteiger partial charge in [-0.05, 0) is 24.7 Å². The van der Waals surface area contributed by atoms with Crippen LogP contribution < -0.4 is 14.2 Å². The number of sulfonamides is 1. The minimum Gasteiger partial charge on any atom is -0.454 e. The third kappa shape index (κ3) is 2.21. The van der Waals surface area contributed by atoms with Gasteiger partial charge in [0.1, 0.15) is 0 Å². The SMILES string of the molecule is CNS(=O)(=O)Cc1ccc2c(c1)OCO2. The van der Waals surface area contributed by atoms with E-state index in [-0.39, 0.29) is 12.5 Å². The van der Waals surface area contributed by atoms with E-state index in [9.17, 15) is 8.42 Å². The first-order valence-electron chi connectivity index (χ1n) is 4.40. The lowest BCUT2D eigenvalue weighted by molar-refractivity contribution is 0.174. The van der Waals surface area contributed by atoms with Crippen molar-refractivity contribution >= 4 is 10.0 Å². The molecule has 0 aliphatic carbocycles. The van der Waals surface area contributed by atoms with Crippen molar-refractivity contribution in [2.24, 2.45) is 0 Å². The molecule has 1 N–H and O–H groups in total. The fraction of sp³-hybridized carbons (Fsp3) is 0.333. The molecule has 6 heteroatoms. The average Bonchev–Trinajstić information content (AvgIpc) is 2.64. The summed E-state index contributed by atoms with van der Waals surface area (Å²) in [6.45, 7) is 0.192. The number of hydrogen-bond donors (Lipinski definition) is 1. The molecule has 15 heavy (non-hydrogen) atoms. The maximum Gasteiger partial charge on any atom is 0.231 e. The molecule has 0 bridgehead atoms. The molecule has 5 nitrogen and oxygen atoms in total. The topological polar surface area (TPSA) is 64.6 Å². The lowest BCUT2D eigenvalue weighted by atomic mass is 10.2. The van der Waals surface area contributed by atoms with Crippen molar-refractivity contribution < 1.29 is 17.9 Å². The number of nitrogens with one attached hydrogen (secondary N) is 1. The largest absolute Gasteiger partial charge is 0.454 e. The molecule has 0 fully saturated rings. The van der Waals surface area contributed by atoms with Crippen molar-refractivity contribution in [3.8, 4) is 11.5 Å². The maximum absolute atomic E-state index is 11.3. The zero-order chi connectivity index (χ0) is 10.9. The quantitative estimate of drug-likeness (QED) is 0.818. The summed E-state index contributed by atoms with van der Waals surface area (Å²) in [4.78, 5) is 0. The summed E-state index contributed by atoms with van der Waals surface area (Å²) >= 11 is 0. The van der Waals surface area contributed by atoms with Crippen LogP contribution in [0.15, 0.2) is 18.2 Å². The highest BCUT2D eigenvalue weighted by Crippen LogP contribution is 2.32. The molecule has 1 aliphatic rings. The minimum atomic E-state index is -3.24. The minimum absolute atomic E-state index is 0.0554. The van der Waals surface area contributed by atoms with E-state index in [1.54, 1.807) is 18.2 Å². The molecule has 82 valence electrons. The molecule has 1 heterocycles. The van der Waals surface area contributed by atoms with Gasteiger partial charge in [-0.15, -0.1) is 0 Å². The van der Waals surface area contributed by atoms with Gasteiger partial charge in [-0.25, -0.2) is 13.1 Å². The predicted octanol–water partition coefficient (Wildman–Crippen LogP) is 0.464. The van der Waals surface area contributed by atoms with Crippen molar-refractivity contribution in [3.63, 3.8) is 0 Å². The van der Waals surface area contributed by atoms with E-state index >= 15 is 0 Å². The monoisotopic (exact) mass is 229 g/mol. The third-order valence-corrected chi connectivity index (χ3v) is 3.44. The van der Waals surface area contributed by atoms with Crippen LogP contribution in [-0.4, -0.2) is 22.3 Å². The van der Waals surface area contributed by atoms with E-state index in [4.69, 9.17) is 9.47 Å². The molecular weight excluding hydrogens is 218 g/mol. The van der Waals surface area contributed by atoms with Gasteiger partial charge in [0.2, 0.25) is 16.8 Å². The van der Waals surface area contributed by atoms with Crippen molar-refractivity contribution in [1.82, 2.24) is 4.72 Å². The van der Waals surface area contributed by atoms with Crippen LogP contribution in [0.2, 0.25) is 0 Å². The second-order valence-corrected chi connectivity index (χ2v) is 5.08. The molecule has 0 atom stereocenters. The highest BCUT2D eigenvalue weighted by atomic mass is 32.2. The number of benzene rings is 1. The van der Waals surface area contributed by atoms with Crippen LogP contribution in [0.5, 0.6) is 11.5 Å². The van der Waals surface area contributed by atoms with Gasteiger partial charge < -0.3 is 9.47 Å². The summed E-state index contributed by atoms with van der Waals surface area (Å²) in [5.74, 6) is 1.19. The third-order valence-electron chi connectivity index (χ3n) is 2.10. The Bertz CT molecular complexity index is 469. The average molecular weight is 229 g/mol. The molecule has 1 aromatic rings. The Labute approximate surface area is 88.1 Å². The molecular formula is C9H11NO4S. The lowest BCUT2D eigenvalue weighted by Gasteiger charge is -2.03. The summed E-state index contributed by atoms with van der Waals surface area (Å²) in [7, 11) is -1.85. The first-order valence-corrected chi connectivity index (χ1v) is 6.06. The molecule has 1 aromatic carbocycles. The first-order chi connectivity index (χ1) is 7.11. The van der Waals surface area contributed by atoms with Crippen molar-refractivity contribution in [2.75, 3.05) is 13.8 Å². The van der Waals surface area contributed by atoms with E-state index in [1.807, 2.05) is 0 Å².